The molecule has 16 heavy (non-hydrogen) atoms. The van der Waals surface area contributed by atoms with Crippen molar-refractivity contribution >= 4 is 17.5 Å². The van der Waals surface area contributed by atoms with Crippen molar-refractivity contribution in [1.29, 1.82) is 0 Å². The standard InChI is InChI=1S/C9H6ClN5O/c10-8-5(9(11)16)3-6(14-15-8)7-4-12-1-2-13-7/h1-4H,(H2,11,16). The molecule has 2 aromatic rings. The molecule has 0 aliphatic heterocycles. The van der Waals surface area contributed by atoms with E-state index in [1.807, 2.05) is 0 Å². The number of primary amides is 1. The summed E-state index contributed by atoms with van der Waals surface area (Å²) in [6, 6.07) is 1.43. The van der Waals surface area contributed by atoms with E-state index in [0.717, 1.165) is 0 Å². The third-order valence-electron chi connectivity index (χ3n) is 1.84. The Morgan fingerprint density at radius 1 is 1.25 bits per heavy atom. The van der Waals surface area contributed by atoms with Gasteiger partial charge in [0.1, 0.15) is 11.4 Å². The molecule has 2 rings (SSSR count). The quantitative estimate of drug-likeness (QED) is 0.826. The van der Waals surface area contributed by atoms with Crippen LogP contribution in [-0.4, -0.2) is 26.1 Å². The van der Waals surface area contributed by atoms with Crippen molar-refractivity contribution in [1.82, 2.24) is 20.2 Å². The van der Waals surface area contributed by atoms with Gasteiger partial charge in [0.2, 0.25) is 0 Å². The molecule has 1 amide bonds. The van der Waals surface area contributed by atoms with Crippen molar-refractivity contribution in [2.45, 2.75) is 0 Å². The molecule has 0 aliphatic rings. The molecule has 0 radical (unpaired) electrons. The van der Waals surface area contributed by atoms with Gasteiger partial charge < -0.3 is 5.73 Å². The summed E-state index contributed by atoms with van der Waals surface area (Å²) in [7, 11) is 0. The Morgan fingerprint density at radius 2 is 2.06 bits per heavy atom. The third-order valence-corrected chi connectivity index (χ3v) is 2.12. The highest BCUT2D eigenvalue weighted by atomic mass is 35.5. The van der Waals surface area contributed by atoms with Crippen LogP contribution in [0.1, 0.15) is 10.4 Å². The molecule has 0 unspecified atom stereocenters. The van der Waals surface area contributed by atoms with Gasteiger partial charge in [-0.05, 0) is 6.07 Å². The summed E-state index contributed by atoms with van der Waals surface area (Å²) in [6.07, 6.45) is 4.54. The summed E-state index contributed by atoms with van der Waals surface area (Å²) in [5, 5.41) is 7.40. The van der Waals surface area contributed by atoms with Crippen LogP contribution in [-0.2, 0) is 0 Å². The van der Waals surface area contributed by atoms with Crippen molar-refractivity contribution in [2.24, 2.45) is 5.73 Å². The molecule has 0 spiro atoms. The average molecular weight is 236 g/mol. The molecule has 2 aromatic heterocycles. The van der Waals surface area contributed by atoms with Gasteiger partial charge in [0.15, 0.2) is 5.15 Å². The molecule has 0 saturated carbocycles. The fraction of sp³-hybridized carbons (Fsp3) is 0. The highest BCUT2D eigenvalue weighted by Gasteiger charge is 2.11. The Morgan fingerprint density at radius 3 is 2.69 bits per heavy atom. The second kappa shape index (κ2) is 4.19. The summed E-state index contributed by atoms with van der Waals surface area (Å²) in [5.74, 6) is -0.662. The highest BCUT2D eigenvalue weighted by molar-refractivity contribution is 6.32. The number of nitrogens with zero attached hydrogens (tertiary/aromatic N) is 4. The Hall–Kier alpha value is -2.08. The minimum atomic E-state index is -0.662. The number of carbonyl (C=O) groups is 1. The molecule has 7 heteroatoms. The van der Waals surface area contributed by atoms with Crippen LogP contribution in [0.2, 0.25) is 5.15 Å². The third kappa shape index (κ3) is 1.96. The van der Waals surface area contributed by atoms with E-state index in [9.17, 15) is 4.79 Å². The lowest BCUT2D eigenvalue weighted by atomic mass is 10.2. The van der Waals surface area contributed by atoms with Gasteiger partial charge >= 0.3 is 0 Å². The smallest absolute Gasteiger partial charge is 0.251 e. The monoisotopic (exact) mass is 235 g/mol. The first-order chi connectivity index (χ1) is 7.68. The maximum absolute atomic E-state index is 11.0. The average Bonchev–Trinajstić information content (AvgIpc) is 2.30. The maximum atomic E-state index is 11.0. The number of nitrogens with two attached hydrogens (primary N) is 1. The van der Waals surface area contributed by atoms with E-state index in [1.165, 1.54) is 24.7 Å². The molecule has 6 nitrogen and oxygen atoms in total. The van der Waals surface area contributed by atoms with Crippen LogP contribution in [0, 0.1) is 0 Å². The van der Waals surface area contributed by atoms with Gasteiger partial charge in [0.25, 0.3) is 5.91 Å². The summed E-state index contributed by atoms with van der Waals surface area (Å²) in [4.78, 5) is 18.9. The van der Waals surface area contributed by atoms with Gasteiger partial charge in [0, 0.05) is 12.4 Å². The van der Waals surface area contributed by atoms with E-state index in [1.54, 1.807) is 0 Å². The number of carbonyl (C=O) groups excluding carboxylic acids is 1. The zero-order valence-electron chi connectivity index (χ0n) is 7.96. The highest BCUT2D eigenvalue weighted by Crippen LogP contribution is 2.17. The van der Waals surface area contributed by atoms with E-state index >= 15 is 0 Å². The Kier molecular flexibility index (Phi) is 2.74. The minimum absolute atomic E-state index is 0.0276. The lowest BCUT2D eigenvalue weighted by Crippen LogP contribution is -2.13. The van der Waals surface area contributed by atoms with E-state index in [-0.39, 0.29) is 10.7 Å². The van der Waals surface area contributed by atoms with Gasteiger partial charge in [-0.25, -0.2) is 0 Å². The van der Waals surface area contributed by atoms with Crippen molar-refractivity contribution < 1.29 is 4.79 Å². The summed E-state index contributed by atoms with van der Waals surface area (Å²) in [6.45, 7) is 0. The molecule has 0 aliphatic carbocycles. The van der Waals surface area contributed by atoms with Crippen LogP contribution in [0.15, 0.2) is 24.7 Å². The first kappa shape index (κ1) is 10.4. The van der Waals surface area contributed by atoms with Gasteiger partial charge in [0.05, 0.1) is 11.8 Å². The van der Waals surface area contributed by atoms with E-state index in [0.29, 0.717) is 11.4 Å². The predicted octanol–water partition coefficient (Wildman–Crippen LogP) is 0.686. The van der Waals surface area contributed by atoms with Gasteiger partial charge in [-0.15, -0.1) is 10.2 Å². The topological polar surface area (TPSA) is 94.7 Å². The molecular formula is C9H6ClN5O. The van der Waals surface area contributed by atoms with Crippen LogP contribution < -0.4 is 5.73 Å². The van der Waals surface area contributed by atoms with Crippen molar-refractivity contribution in [3.05, 3.63) is 35.4 Å². The number of aromatic nitrogens is 4. The lowest BCUT2D eigenvalue weighted by Gasteiger charge is -2.01. The second-order valence-corrected chi connectivity index (χ2v) is 3.25. The predicted molar refractivity (Wildman–Crippen MR) is 56.6 cm³/mol. The second-order valence-electron chi connectivity index (χ2n) is 2.89. The number of halogens is 1. The molecule has 2 N–H and O–H groups in total. The van der Waals surface area contributed by atoms with Crippen LogP contribution in [0.3, 0.4) is 0 Å². The van der Waals surface area contributed by atoms with E-state index < -0.39 is 5.91 Å². The summed E-state index contributed by atoms with van der Waals surface area (Å²) in [5.41, 5.74) is 6.13. The fourth-order valence-electron chi connectivity index (χ4n) is 1.11. The van der Waals surface area contributed by atoms with Gasteiger partial charge in [-0.2, -0.15) is 0 Å². The molecular weight excluding hydrogens is 230 g/mol. The SMILES string of the molecule is NC(=O)c1cc(-c2cnccn2)nnc1Cl. The van der Waals surface area contributed by atoms with Crippen molar-refractivity contribution in [3.63, 3.8) is 0 Å². The molecule has 0 fully saturated rings. The molecule has 0 saturated heterocycles. The first-order valence-electron chi connectivity index (χ1n) is 4.28. The summed E-state index contributed by atoms with van der Waals surface area (Å²) < 4.78 is 0. The van der Waals surface area contributed by atoms with Crippen LogP contribution in [0.4, 0.5) is 0 Å². The molecule has 80 valence electrons. The molecule has 0 atom stereocenters. The number of amides is 1. The minimum Gasteiger partial charge on any atom is -0.366 e. The fourth-order valence-corrected chi connectivity index (χ4v) is 1.29. The number of hydrogen-bond donors (Lipinski definition) is 1. The number of rotatable bonds is 2. The molecule has 0 bridgehead atoms. The largest absolute Gasteiger partial charge is 0.366 e. The Bertz CT molecular complexity index is 531. The van der Waals surface area contributed by atoms with Crippen molar-refractivity contribution in [2.75, 3.05) is 0 Å². The molecule has 0 aromatic carbocycles. The van der Waals surface area contributed by atoms with E-state index in [2.05, 4.69) is 20.2 Å². The van der Waals surface area contributed by atoms with Gasteiger partial charge in [-0.1, -0.05) is 11.6 Å². The number of hydrogen-bond acceptors (Lipinski definition) is 5. The zero-order valence-corrected chi connectivity index (χ0v) is 8.72. The van der Waals surface area contributed by atoms with E-state index in [4.69, 9.17) is 17.3 Å². The maximum Gasteiger partial charge on any atom is 0.251 e. The molecule has 2 heterocycles. The Balaban J connectivity index is 2.52. The van der Waals surface area contributed by atoms with Crippen LogP contribution >= 0.6 is 11.6 Å². The Labute approximate surface area is 95.5 Å². The summed E-state index contributed by atoms with van der Waals surface area (Å²) >= 11 is 5.67. The normalized spacial score (nSPS) is 10.1. The van der Waals surface area contributed by atoms with Gasteiger partial charge in [-0.3, -0.25) is 14.8 Å². The first-order valence-corrected chi connectivity index (χ1v) is 4.65. The van der Waals surface area contributed by atoms with Crippen LogP contribution in [0.5, 0.6) is 0 Å². The van der Waals surface area contributed by atoms with Crippen molar-refractivity contribution in [3.8, 4) is 11.4 Å². The lowest BCUT2D eigenvalue weighted by molar-refractivity contribution is 0.1000. The zero-order chi connectivity index (χ0) is 11.5. The van der Waals surface area contributed by atoms with Crippen LogP contribution in [0.25, 0.3) is 11.4 Å².